The van der Waals surface area contributed by atoms with Crippen molar-refractivity contribution in [1.82, 2.24) is 4.98 Å². The van der Waals surface area contributed by atoms with E-state index in [1.807, 2.05) is 19.9 Å². The minimum atomic E-state index is -0.171. The molecule has 0 atom stereocenters. The molecule has 0 aliphatic heterocycles. The summed E-state index contributed by atoms with van der Waals surface area (Å²) in [6, 6.07) is 5.47. The van der Waals surface area contributed by atoms with Crippen LogP contribution in [0.3, 0.4) is 0 Å². The molecule has 0 radical (unpaired) electrons. The quantitative estimate of drug-likeness (QED) is 0.779. The normalized spacial score (nSPS) is 10.8. The van der Waals surface area contributed by atoms with Crippen molar-refractivity contribution in [1.29, 1.82) is 5.26 Å². The summed E-state index contributed by atoms with van der Waals surface area (Å²) in [6.07, 6.45) is 1.52. The van der Waals surface area contributed by atoms with E-state index in [4.69, 9.17) is 10.4 Å². The third-order valence-electron chi connectivity index (χ3n) is 2.07. The molecule has 0 unspecified atom stereocenters. The lowest BCUT2D eigenvalue weighted by atomic mass is 9.95. The zero-order valence-corrected chi connectivity index (χ0v) is 8.99. The van der Waals surface area contributed by atoms with Gasteiger partial charge in [0.15, 0.2) is 0 Å². The van der Waals surface area contributed by atoms with Crippen molar-refractivity contribution in [3.05, 3.63) is 23.9 Å². The van der Waals surface area contributed by atoms with Crippen molar-refractivity contribution >= 4 is 5.82 Å². The van der Waals surface area contributed by atoms with Gasteiger partial charge in [0.1, 0.15) is 11.9 Å². The second-order valence-corrected chi connectivity index (χ2v) is 4.22. The van der Waals surface area contributed by atoms with Crippen molar-refractivity contribution < 1.29 is 5.11 Å². The van der Waals surface area contributed by atoms with Crippen molar-refractivity contribution in [3.8, 4) is 6.07 Å². The molecule has 80 valence electrons. The SMILES string of the molecule is CC(C)(CO)CNc1ccc(C#N)cn1. The van der Waals surface area contributed by atoms with Crippen molar-refractivity contribution in [3.63, 3.8) is 0 Å². The summed E-state index contributed by atoms with van der Waals surface area (Å²) in [5, 5.41) is 20.7. The Labute approximate surface area is 89.6 Å². The van der Waals surface area contributed by atoms with E-state index < -0.39 is 0 Å². The Morgan fingerprint density at radius 2 is 2.27 bits per heavy atom. The number of nitrogens with zero attached hydrogens (tertiary/aromatic N) is 2. The predicted molar refractivity (Wildman–Crippen MR) is 58.3 cm³/mol. The summed E-state index contributed by atoms with van der Waals surface area (Å²) in [7, 11) is 0. The maximum Gasteiger partial charge on any atom is 0.125 e. The Balaban J connectivity index is 2.56. The van der Waals surface area contributed by atoms with Crippen LogP contribution in [0.2, 0.25) is 0 Å². The molecular formula is C11H15N3O. The number of hydrogen-bond donors (Lipinski definition) is 2. The Bertz CT molecular complexity index is 351. The van der Waals surface area contributed by atoms with E-state index in [9.17, 15) is 0 Å². The average molecular weight is 205 g/mol. The number of pyridine rings is 1. The first-order chi connectivity index (χ1) is 7.07. The second-order valence-electron chi connectivity index (χ2n) is 4.22. The smallest absolute Gasteiger partial charge is 0.125 e. The molecule has 0 bridgehead atoms. The highest BCUT2D eigenvalue weighted by Gasteiger charge is 2.15. The molecule has 2 N–H and O–H groups in total. The van der Waals surface area contributed by atoms with Crippen LogP contribution in [-0.2, 0) is 0 Å². The van der Waals surface area contributed by atoms with Gasteiger partial charge in [-0.1, -0.05) is 13.8 Å². The van der Waals surface area contributed by atoms with E-state index in [-0.39, 0.29) is 12.0 Å². The van der Waals surface area contributed by atoms with E-state index in [2.05, 4.69) is 10.3 Å². The van der Waals surface area contributed by atoms with E-state index in [1.54, 1.807) is 12.1 Å². The van der Waals surface area contributed by atoms with Gasteiger partial charge in [0, 0.05) is 24.8 Å². The highest BCUT2D eigenvalue weighted by molar-refractivity contribution is 5.39. The fourth-order valence-corrected chi connectivity index (χ4v) is 0.950. The molecule has 1 aromatic rings. The molecule has 0 saturated heterocycles. The molecule has 0 amide bonds. The van der Waals surface area contributed by atoms with Gasteiger partial charge in [-0.15, -0.1) is 0 Å². The third kappa shape index (κ3) is 3.56. The molecule has 4 heteroatoms. The van der Waals surface area contributed by atoms with Crippen LogP contribution < -0.4 is 5.32 Å². The molecule has 1 rings (SSSR count). The molecule has 0 aliphatic rings. The van der Waals surface area contributed by atoms with Crippen LogP contribution in [0.1, 0.15) is 19.4 Å². The monoisotopic (exact) mass is 205 g/mol. The number of rotatable bonds is 4. The number of aliphatic hydroxyl groups is 1. The van der Waals surface area contributed by atoms with Gasteiger partial charge in [0.2, 0.25) is 0 Å². The summed E-state index contributed by atoms with van der Waals surface area (Å²) in [5.41, 5.74) is 0.372. The lowest BCUT2D eigenvalue weighted by Gasteiger charge is -2.22. The first kappa shape index (κ1) is 11.5. The lowest BCUT2D eigenvalue weighted by Crippen LogP contribution is -2.27. The molecule has 4 nitrogen and oxygen atoms in total. The van der Waals surface area contributed by atoms with Gasteiger partial charge in [-0.25, -0.2) is 4.98 Å². The van der Waals surface area contributed by atoms with E-state index >= 15 is 0 Å². The van der Waals surface area contributed by atoms with Gasteiger partial charge in [-0.05, 0) is 12.1 Å². The van der Waals surface area contributed by atoms with Gasteiger partial charge in [0.25, 0.3) is 0 Å². The van der Waals surface area contributed by atoms with Crippen LogP contribution in [0, 0.1) is 16.7 Å². The highest BCUT2D eigenvalue weighted by Crippen LogP contribution is 2.14. The van der Waals surface area contributed by atoms with Crippen LogP contribution in [0.25, 0.3) is 0 Å². The Kier molecular flexibility index (Phi) is 3.64. The predicted octanol–water partition coefficient (Wildman–Crippen LogP) is 1.38. The number of anilines is 1. The number of hydrogen-bond acceptors (Lipinski definition) is 4. The van der Waals surface area contributed by atoms with Crippen LogP contribution in [0.15, 0.2) is 18.3 Å². The fourth-order valence-electron chi connectivity index (χ4n) is 0.950. The van der Waals surface area contributed by atoms with E-state index in [0.29, 0.717) is 12.1 Å². The number of aliphatic hydroxyl groups excluding tert-OH is 1. The topological polar surface area (TPSA) is 68.9 Å². The van der Waals surface area contributed by atoms with E-state index in [0.717, 1.165) is 5.82 Å². The van der Waals surface area contributed by atoms with Crippen LogP contribution >= 0.6 is 0 Å². The number of nitriles is 1. The van der Waals surface area contributed by atoms with Gasteiger partial charge in [0.05, 0.1) is 5.56 Å². The largest absolute Gasteiger partial charge is 0.396 e. The highest BCUT2D eigenvalue weighted by atomic mass is 16.3. The summed E-state index contributed by atoms with van der Waals surface area (Å²) in [6.45, 7) is 4.69. The molecule has 0 saturated carbocycles. The minimum absolute atomic E-state index is 0.121. The minimum Gasteiger partial charge on any atom is -0.396 e. The maximum absolute atomic E-state index is 9.05. The molecule has 0 aromatic carbocycles. The summed E-state index contributed by atoms with van der Waals surface area (Å²) in [5.74, 6) is 0.718. The van der Waals surface area contributed by atoms with Crippen LogP contribution in [0.4, 0.5) is 5.82 Å². The van der Waals surface area contributed by atoms with Gasteiger partial charge < -0.3 is 10.4 Å². The zero-order chi connectivity index (χ0) is 11.3. The van der Waals surface area contributed by atoms with Gasteiger partial charge in [-0.3, -0.25) is 0 Å². The molecule has 1 heterocycles. The Morgan fingerprint density at radius 3 is 2.73 bits per heavy atom. The second kappa shape index (κ2) is 4.76. The van der Waals surface area contributed by atoms with Crippen molar-refractivity contribution in [2.24, 2.45) is 5.41 Å². The molecule has 0 fully saturated rings. The Morgan fingerprint density at radius 1 is 1.53 bits per heavy atom. The number of nitrogens with one attached hydrogen (secondary N) is 1. The van der Waals surface area contributed by atoms with Crippen LogP contribution in [-0.4, -0.2) is 23.2 Å². The van der Waals surface area contributed by atoms with Crippen LogP contribution in [0.5, 0.6) is 0 Å². The fraction of sp³-hybridized carbons (Fsp3) is 0.455. The summed E-state index contributed by atoms with van der Waals surface area (Å²) < 4.78 is 0. The Hall–Kier alpha value is -1.60. The molecule has 0 aliphatic carbocycles. The van der Waals surface area contributed by atoms with Crippen molar-refractivity contribution in [2.75, 3.05) is 18.5 Å². The maximum atomic E-state index is 9.05. The molecular weight excluding hydrogens is 190 g/mol. The first-order valence-electron chi connectivity index (χ1n) is 4.78. The standard InChI is InChI=1S/C11H15N3O/c1-11(2,8-15)7-14-10-4-3-9(5-12)6-13-10/h3-4,6,15H,7-8H2,1-2H3,(H,13,14). The zero-order valence-electron chi connectivity index (χ0n) is 8.99. The summed E-state index contributed by atoms with van der Waals surface area (Å²) >= 11 is 0. The summed E-state index contributed by atoms with van der Waals surface area (Å²) in [4.78, 5) is 4.07. The molecule has 15 heavy (non-hydrogen) atoms. The number of aromatic nitrogens is 1. The van der Waals surface area contributed by atoms with Gasteiger partial charge in [-0.2, -0.15) is 5.26 Å². The van der Waals surface area contributed by atoms with E-state index in [1.165, 1.54) is 6.20 Å². The third-order valence-corrected chi connectivity index (χ3v) is 2.07. The lowest BCUT2D eigenvalue weighted by molar-refractivity contribution is 0.170. The molecule has 1 aromatic heterocycles. The first-order valence-corrected chi connectivity index (χ1v) is 4.78. The molecule has 0 spiro atoms. The average Bonchev–Trinajstić information content (AvgIpc) is 2.27. The van der Waals surface area contributed by atoms with Gasteiger partial charge >= 0.3 is 0 Å². The van der Waals surface area contributed by atoms with Crippen molar-refractivity contribution in [2.45, 2.75) is 13.8 Å².